The lowest BCUT2D eigenvalue weighted by molar-refractivity contribution is -0.126. The second kappa shape index (κ2) is 9.59. The second-order valence-corrected chi connectivity index (χ2v) is 8.14. The lowest BCUT2D eigenvalue weighted by Crippen LogP contribution is -2.42. The molecule has 0 spiro atoms. The standard InChI is InChI=1S/C24H24N2O3S/c27-23(19-9-12-26(13-10-19)24(28)20-11-14-30-17-20)25-16-18-5-4-8-22(15-18)29-21-6-2-1-3-7-21/h1-8,11,14-15,17,19H,9-10,12-13,16H2,(H,25,27). The summed E-state index contributed by atoms with van der Waals surface area (Å²) in [5.41, 5.74) is 1.72. The van der Waals surface area contributed by atoms with Crippen LogP contribution in [0.3, 0.4) is 0 Å². The molecule has 30 heavy (non-hydrogen) atoms. The monoisotopic (exact) mass is 420 g/mol. The molecule has 4 rings (SSSR count). The van der Waals surface area contributed by atoms with Gasteiger partial charge in [-0.25, -0.2) is 0 Å². The molecule has 1 saturated heterocycles. The zero-order valence-electron chi connectivity index (χ0n) is 16.6. The first kappa shape index (κ1) is 20.2. The summed E-state index contributed by atoms with van der Waals surface area (Å²) in [7, 11) is 0. The maximum absolute atomic E-state index is 12.6. The number of rotatable bonds is 6. The van der Waals surface area contributed by atoms with Gasteiger partial charge in [0.2, 0.25) is 5.91 Å². The number of para-hydroxylation sites is 1. The van der Waals surface area contributed by atoms with Crippen LogP contribution >= 0.6 is 11.3 Å². The van der Waals surface area contributed by atoms with Crippen molar-refractivity contribution in [3.8, 4) is 11.5 Å². The minimum Gasteiger partial charge on any atom is -0.457 e. The minimum absolute atomic E-state index is 0.0482. The average Bonchev–Trinajstić information content (AvgIpc) is 3.33. The number of likely N-dealkylation sites (tertiary alicyclic amines) is 1. The van der Waals surface area contributed by atoms with Gasteiger partial charge in [-0.05, 0) is 54.1 Å². The van der Waals surface area contributed by atoms with Gasteiger partial charge in [-0.2, -0.15) is 11.3 Å². The molecule has 1 aliphatic heterocycles. The quantitative estimate of drug-likeness (QED) is 0.628. The van der Waals surface area contributed by atoms with Gasteiger partial charge in [-0.1, -0.05) is 30.3 Å². The number of nitrogens with one attached hydrogen (secondary N) is 1. The highest BCUT2D eigenvalue weighted by atomic mass is 32.1. The molecule has 3 aromatic rings. The Kier molecular flexibility index (Phi) is 6.44. The Labute approximate surface area is 180 Å². The number of ether oxygens (including phenoxy) is 1. The predicted molar refractivity (Wildman–Crippen MR) is 118 cm³/mol. The number of piperidine rings is 1. The fourth-order valence-electron chi connectivity index (χ4n) is 3.59. The maximum Gasteiger partial charge on any atom is 0.254 e. The Bertz CT molecular complexity index is 981. The van der Waals surface area contributed by atoms with Crippen molar-refractivity contribution in [1.29, 1.82) is 0 Å². The van der Waals surface area contributed by atoms with Crippen LogP contribution in [0.4, 0.5) is 0 Å². The van der Waals surface area contributed by atoms with Crippen LogP contribution in [0.5, 0.6) is 11.5 Å². The van der Waals surface area contributed by atoms with E-state index in [4.69, 9.17) is 4.74 Å². The fourth-order valence-corrected chi connectivity index (χ4v) is 4.22. The third-order valence-electron chi connectivity index (χ3n) is 5.27. The molecular weight excluding hydrogens is 396 g/mol. The molecule has 0 atom stereocenters. The highest BCUT2D eigenvalue weighted by Gasteiger charge is 2.27. The zero-order chi connectivity index (χ0) is 20.8. The number of amides is 2. The van der Waals surface area contributed by atoms with Crippen molar-refractivity contribution < 1.29 is 14.3 Å². The molecule has 5 nitrogen and oxygen atoms in total. The lowest BCUT2D eigenvalue weighted by atomic mass is 9.95. The largest absolute Gasteiger partial charge is 0.457 e. The van der Waals surface area contributed by atoms with E-state index in [0.29, 0.717) is 32.5 Å². The van der Waals surface area contributed by atoms with Crippen LogP contribution in [0.1, 0.15) is 28.8 Å². The first-order valence-corrected chi connectivity index (χ1v) is 11.0. The summed E-state index contributed by atoms with van der Waals surface area (Å²) in [5, 5.41) is 6.82. The molecule has 0 aliphatic carbocycles. The Hall–Kier alpha value is -3.12. The number of carbonyl (C=O) groups is 2. The van der Waals surface area contributed by atoms with Crippen LogP contribution in [0.25, 0.3) is 0 Å². The molecule has 2 heterocycles. The number of carbonyl (C=O) groups excluding carboxylic acids is 2. The van der Waals surface area contributed by atoms with E-state index >= 15 is 0 Å². The van der Waals surface area contributed by atoms with Gasteiger partial charge in [-0.15, -0.1) is 0 Å². The SMILES string of the molecule is O=C(NCc1cccc(Oc2ccccc2)c1)C1CCN(C(=O)c2ccsc2)CC1. The lowest BCUT2D eigenvalue weighted by Gasteiger charge is -2.31. The van der Waals surface area contributed by atoms with Crippen LogP contribution in [0, 0.1) is 5.92 Å². The van der Waals surface area contributed by atoms with Gasteiger partial charge in [0, 0.05) is 30.9 Å². The van der Waals surface area contributed by atoms with E-state index in [1.807, 2.05) is 76.3 Å². The molecule has 1 aromatic heterocycles. The van der Waals surface area contributed by atoms with Gasteiger partial charge in [0.25, 0.3) is 5.91 Å². The predicted octanol–water partition coefficient (Wildman–Crippen LogP) is 4.71. The number of benzene rings is 2. The first-order valence-electron chi connectivity index (χ1n) is 10.1. The Morgan fingerprint density at radius 3 is 2.50 bits per heavy atom. The van der Waals surface area contributed by atoms with E-state index in [1.165, 1.54) is 11.3 Å². The van der Waals surface area contributed by atoms with Crippen molar-refractivity contribution in [2.24, 2.45) is 5.92 Å². The van der Waals surface area contributed by atoms with E-state index in [0.717, 1.165) is 22.6 Å². The van der Waals surface area contributed by atoms with E-state index in [9.17, 15) is 9.59 Å². The van der Waals surface area contributed by atoms with Gasteiger partial charge in [-0.3, -0.25) is 9.59 Å². The topological polar surface area (TPSA) is 58.6 Å². The first-order chi connectivity index (χ1) is 14.7. The molecular formula is C24H24N2O3S. The van der Waals surface area contributed by atoms with Crippen molar-refractivity contribution in [3.05, 3.63) is 82.6 Å². The third-order valence-corrected chi connectivity index (χ3v) is 5.95. The summed E-state index contributed by atoms with van der Waals surface area (Å²) >= 11 is 1.52. The number of hydrogen-bond donors (Lipinski definition) is 1. The van der Waals surface area contributed by atoms with Crippen molar-refractivity contribution in [2.45, 2.75) is 19.4 Å². The maximum atomic E-state index is 12.6. The number of hydrogen-bond acceptors (Lipinski definition) is 4. The average molecular weight is 421 g/mol. The van der Waals surface area contributed by atoms with Crippen molar-refractivity contribution in [3.63, 3.8) is 0 Å². The molecule has 6 heteroatoms. The summed E-state index contributed by atoms with van der Waals surface area (Å²) in [6, 6.07) is 19.2. The van der Waals surface area contributed by atoms with Gasteiger partial charge in [0.1, 0.15) is 11.5 Å². The smallest absolute Gasteiger partial charge is 0.254 e. The van der Waals surface area contributed by atoms with E-state index in [-0.39, 0.29) is 17.7 Å². The van der Waals surface area contributed by atoms with Crippen LogP contribution < -0.4 is 10.1 Å². The molecule has 0 saturated carbocycles. The summed E-state index contributed by atoms with van der Waals surface area (Å²) in [6.07, 6.45) is 1.39. The molecule has 0 bridgehead atoms. The summed E-state index contributed by atoms with van der Waals surface area (Å²) in [4.78, 5) is 26.9. The highest BCUT2D eigenvalue weighted by molar-refractivity contribution is 7.08. The van der Waals surface area contributed by atoms with Crippen LogP contribution in [0.15, 0.2) is 71.4 Å². The van der Waals surface area contributed by atoms with Gasteiger partial charge < -0.3 is 15.0 Å². The molecule has 0 unspecified atom stereocenters. The Morgan fingerprint density at radius 1 is 1.00 bits per heavy atom. The van der Waals surface area contributed by atoms with Gasteiger partial charge in [0.05, 0.1) is 5.56 Å². The van der Waals surface area contributed by atoms with Crippen LogP contribution in [0.2, 0.25) is 0 Å². The van der Waals surface area contributed by atoms with E-state index in [1.54, 1.807) is 0 Å². The zero-order valence-corrected chi connectivity index (χ0v) is 17.4. The summed E-state index contributed by atoms with van der Waals surface area (Å²) in [5.74, 6) is 1.58. The van der Waals surface area contributed by atoms with Crippen LogP contribution in [-0.4, -0.2) is 29.8 Å². The van der Waals surface area contributed by atoms with Crippen molar-refractivity contribution >= 4 is 23.2 Å². The highest BCUT2D eigenvalue weighted by Crippen LogP contribution is 2.23. The fraction of sp³-hybridized carbons (Fsp3) is 0.250. The second-order valence-electron chi connectivity index (χ2n) is 7.36. The molecule has 1 N–H and O–H groups in total. The summed E-state index contributed by atoms with van der Waals surface area (Å²) < 4.78 is 5.86. The number of nitrogens with zero attached hydrogens (tertiary/aromatic N) is 1. The van der Waals surface area contributed by atoms with Crippen molar-refractivity contribution in [1.82, 2.24) is 10.2 Å². The molecule has 1 aliphatic rings. The molecule has 2 amide bonds. The molecule has 2 aromatic carbocycles. The van der Waals surface area contributed by atoms with Gasteiger partial charge in [0.15, 0.2) is 0 Å². The third kappa shape index (κ3) is 5.07. The summed E-state index contributed by atoms with van der Waals surface area (Å²) in [6.45, 7) is 1.69. The van der Waals surface area contributed by atoms with E-state index in [2.05, 4.69) is 5.32 Å². The molecule has 0 radical (unpaired) electrons. The molecule has 154 valence electrons. The van der Waals surface area contributed by atoms with Crippen LogP contribution in [-0.2, 0) is 11.3 Å². The molecule has 1 fully saturated rings. The number of thiophene rings is 1. The van der Waals surface area contributed by atoms with Crippen molar-refractivity contribution in [2.75, 3.05) is 13.1 Å². The van der Waals surface area contributed by atoms with E-state index < -0.39 is 0 Å². The van der Waals surface area contributed by atoms with Gasteiger partial charge >= 0.3 is 0 Å². The normalized spacial score (nSPS) is 14.3. The Balaban J connectivity index is 1.26. The minimum atomic E-state index is -0.0553. The Morgan fingerprint density at radius 2 is 1.77 bits per heavy atom.